The van der Waals surface area contributed by atoms with Crippen molar-refractivity contribution in [3.05, 3.63) is 24.0 Å². The highest BCUT2D eigenvalue weighted by Gasteiger charge is 2.13. The van der Waals surface area contributed by atoms with E-state index < -0.39 is 5.97 Å². The number of nitrogen functional groups attached to an aromatic ring is 1. The van der Waals surface area contributed by atoms with Gasteiger partial charge in [0.05, 0.1) is 11.9 Å². The van der Waals surface area contributed by atoms with Crippen LogP contribution in [0.4, 0.5) is 5.69 Å². The molecule has 0 spiro atoms. The van der Waals surface area contributed by atoms with E-state index in [9.17, 15) is 9.59 Å². The smallest absolute Gasteiger partial charge is 0.303 e. The number of carbonyl (C=O) groups excluding carboxylic acids is 1. The second-order valence-electron chi connectivity index (χ2n) is 4.06. The van der Waals surface area contributed by atoms with Gasteiger partial charge in [-0.05, 0) is 18.1 Å². The van der Waals surface area contributed by atoms with Gasteiger partial charge in [0.25, 0.3) is 5.91 Å². The number of carbonyl (C=O) groups is 2. The van der Waals surface area contributed by atoms with Gasteiger partial charge in [-0.15, -0.1) is 0 Å². The molecule has 0 saturated carbocycles. The van der Waals surface area contributed by atoms with Gasteiger partial charge in [0.1, 0.15) is 5.69 Å². The third-order valence-corrected chi connectivity index (χ3v) is 2.61. The van der Waals surface area contributed by atoms with Crippen molar-refractivity contribution < 1.29 is 14.7 Å². The molecule has 18 heavy (non-hydrogen) atoms. The molecule has 0 aliphatic rings. The SMILES string of the molecule is CCC(CNC(=O)c1ccc(N)cn1)CC(=O)O. The van der Waals surface area contributed by atoms with Crippen LogP contribution in [0.25, 0.3) is 0 Å². The minimum Gasteiger partial charge on any atom is -0.481 e. The minimum atomic E-state index is -0.860. The van der Waals surface area contributed by atoms with Crippen LogP contribution >= 0.6 is 0 Å². The van der Waals surface area contributed by atoms with Gasteiger partial charge in [0.15, 0.2) is 0 Å². The van der Waals surface area contributed by atoms with E-state index in [1.807, 2.05) is 6.92 Å². The number of nitrogens with two attached hydrogens (primary N) is 1. The molecule has 0 radical (unpaired) electrons. The zero-order valence-electron chi connectivity index (χ0n) is 10.2. The van der Waals surface area contributed by atoms with Gasteiger partial charge < -0.3 is 16.2 Å². The summed E-state index contributed by atoms with van der Waals surface area (Å²) in [6.45, 7) is 2.22. The molecule has 4 N–H and O–H groups in total. The van der Waals surface area contributed by atoms with Gasteiger partial charge in [-0.25, -0.2) is 4.98 Å². The van der Waals surface area contributed by atoms with Gasteiger partial charge in [0.2, 0.25) is 0 Å². The maximum absolute atomic E-state index is 11.7. The maximum Gasteiger partial charge on any atom is 0.303 e. The van der Waals surface area contributed by atoms with E-state index in [-0.39, 0.29) is 23.9 Å². The molecular formula is C12H17N3O3. The van der Waals surface area contributed by atoms with Crippen LogP contribution in [0, 0.1) is 5.92 Å². The Bertz CT molecular complexity index is 417. The summed E-state index contributed by atoms with van der Waals surface area (Å²) in [6, 6.07) is 3.12. The normalized spacial score (nSPS) is 11.8. The number of hydrogen-bond donors (Lipinski definition) is 3. The molecule has 0 saturated heterocycles. The van der Waals surface area contributed by atoms with Crippen molar-refractivity contribution in [1.29, 1.82) is 0 Å². The molecule has 1 unspecified atom stereocenters. The number of nitrogens with zero attached hydrogens (tertiary/aromatic N) is 1. The lowest BCUT2D eigenvalue weighted by atomic mass is 10.0. The molecule has 98 valence electrons. The fraction of sp³-hybridized carbons (Fsp3) is 0.417. The van der Waals surface area contributed by atoms with Gasteiger partial charge in [0, 0.05) is 13.0 Å². The van der Waals surface area contributed by atoms with Gasteiger partial charge in [-0.1, -0.05) is 13.3 Å². The summed E-state index contributed by atoms with van der Waals surface area (Å²) >= 11 is 0. The van der Waals surface area contributed by atoms with E-state index in [2.05, 4.69) is 10.3 Å². The van der Waals surface area contributed by atoms with Crippen LogP contribution in [0.15, 0.2) is 18.3 Å². The quantitative estimate of drug-likeness (QED) is 0.696. The summed E-state index contributed by atoms with van der Waals surface area (Å²) in [7, 11) is 0. The Morgan fingerprint density at radius 2 is 2.22 bits per heavy atom. The Balaban J connectivity index is 2.49. The van der Waals surface area contributed by atoms with E-state index in [0.717, 1.165) is 0 Å². The first kappa shape index (κ1) is 14.0. The summed E-state index contributed by atoms with van der Waals surface area (Å²) in [5.74, 6) is -1.25. The average molecular weight is 251 g/mol. The number of amides is 1. The Morgan fingerprint density at radius 3 is 2.72 bits per heavy atom. The van der Waals surface area contributed by atoms with Crippen molar-refractivity contribution >= 4 is 17.6 Å². The average Bonchev–Trinajstić information content (AvgIpc) is 2.34. The lowest BCUT2D eigenvalue weighted by molar-refractivity contribution is -0.138. The number of carboxylic acid groups (broad SMARTS) is 1. The predicted octanol–water partition coefficient (Wildman–Crippen LogP) is 0.895. The third kappa shape index (κ3) is 4.40. The fourth-order valence-corrected chi connectivity index (χ4v) is 1.48. The van der Waals surface area contributed by atoms with Gasteiger partial charge in [-0.2, -0.15) is 0 Å². The Kier molecular flexibility index (Phi) is 5.10. The van der Waals surface area contributed by atoms with Crippen LogP contribution in [-0.4, -0.2) is 28.5 Å². The van der Waals surface area contributed by atoms with Crippen LogP contribution in [0.5, 0.6) is 0 Å². The first-order valence-electron chi connectivity index (χ1n) is 5.74. The first-order valence-corrected chi connectivity index (χ1v) is 5.74. The number of nitrogens with one attached hydrogen (secondary N) is 1. The molecule has 0 aliphatic carbocycles. The summed E-state index contributed by atoms with van der Waals surface area (Å²) < 4.78 is 0. The maximum atomic E-state index is 11.7. The largest absolute Gasteiger partial charge is 0.481 e. The van der Waals surface area contributed by atoms with Crippen molar-refractivity contribution in [2.75, 3.05) is 12.3 Å². The van der Waals surface area contributed by atoms with Crippen molar-refractivity contribution in [1.82, 2.24) is 10.3 Å². The Labute approximate surface area is 105 Å². The molecule has 0 aromatic carbocycles. The zero-order valence-corrected chi connectivity index (χ0v) is 10.2. The molecule has 0 fully saturated rings. The highest BCUT2D eigenvalue weighted by atomic mass is 16.4. The molecule has 0 bridgehead atoms. The fourth-order valence-electron chi connectivity index (χ4n) is 1.48. The molecule has 0 aliphatic heterocycles. The van der Waals surface area contributed by atoms with E-state index in [4.69, 9.17) is 10.8 Å². The minimum absolute atomic E-state index is 0.0476. The topological polar surface area (TPSA) is 105 Å². The Morgan fingerprint density at radius 1 is 1.50 bits per heavy atom. The highest BCUT2D eigenvalue weighted by Crippen LogP contribution is 2.07. The van der Waals surface area contributed by atoms with Crippen LogP contribution in [0.3, 0.4) is 0 Å². The second-order valence-corrected chi connectivity index (χ2v) is 4.06. The van der Waals surface area contributed by atoms with E-state index in [1.54, 1.807) is 6.07 Å². The number of pyridine rings is 1. The number of aromatic nitrogens is 1. The van der Waals surface area contributed by atoms with Crippen LogP contribution in [-0.2, 0) is 4.79 Å². The molecule has 1 aromatic rings. The summed E-state index contributed by atoms with van der Waals surface area (Å²) in [6.07, 6.45) is 2.15. The molecular weight excluding hydrogens is 234 g/mol. The van der Waals surface area contributed by atoms with Crippen LogP contribution in [0.1, 0.15) is 30.3 Å². The van der Waals surface area contributed by atoms with Gasteiger partial charge in [-0.3, -0.25) is 9.59 Å². The lowest BCUT2D eigenvalue weighted by Gasteiger charge is -2.13. The van der Waals surface area contributed by atoms with Crippen molar-refractivity contribution in [3.8, 4) is 0 Å². The van der Waals surface area contributed by atoms with Crippen molar-refractivity contribution in [2.24, 2.45) is 5.92 Å². The van der Waals surface area contributed by atoms with E-state index >= 15 is 0 Å². The molecule has 1 atom stereocenters. The van der Waals surface area contributed by atoms with E-state index in [0.29, 0.717) is 18.7 Å². The third-order valence-electron chi connectivity index (χ3n) is 2.61. The summed E-state index contributed by atoms with van der Waals surface area (Å²) in [4.78, 5) is 26.2. The number of rotatable bonds is 6. The number of aliphatic carboxylic acids is 1. The predicted molar refractivity (Wildman–Crippen MR) is 67.0 cm³/mol. The zero-order chi connectivity index (χ0) is 13.5. The first-order chi connectivity index (χ1) is 8.52. The van der Waals surface area contributed by atoms with Crippen molar-refractivity contribution in [3.63, 3.8) is 0 Å². The lowest BCUT2D eigenvalue weighted by Crippen LogP contribution is -2.30. The molecule has 1 rings (SSSR count). The monoisotopic (exact) mass is 251 g/mol. The van der Waals surface area contributed by atoms with Crippen LogP contribution < -0.4 is 11.1 Å². The Hall–Kier alpha value is -2.11. The second kappa shape index (κ2) is 6.58. The molecule has 1 aromatic heterocycles. The van der Waals surface area contributed by atoms with Crippen LogP contribution in [0.2, 0.25) is 0 Å². The van der Waals surface area contributed by atoms with Crippen molar-refractivity contribution in [2.45, 2.75) is 19.8 Å². The molecule has 1 heterocycles. The standard InChI is InChI=1S/C12H17N3O3/c1-2-8(5-11(16)17)6-15-12(18)10-4-3-9(13)7-14-10/h3-4,7-8H,2,5-6,13H2,1H3,(H,15,18)(H,16,17). The number of anilines is 1. The summed E-state index contributed by atoms with van der Waals surface area (Å²) in [5, 5.41) is 11.4. The molecule has 1 amide bonds. The molecule has 6 nitrogen and oxygen atoms in total. The van der Waals surface area contributed by atoms with E-state index in [1.165, 1.54) is 12.3 Å². The molecule has 6 heteroatoms. The highest BCUT2D eigenvalue weighted by molar-refractivity contribution is 5.92. The number of hydrogen-bond acceptors (Lipinski definition) is 4. The summed E-state index contributed by atoms with van der Waals surface area (Å²) in [5.41, 5.74) is 6.23. The number of carboxylic acids is 1. The van der Waals surface area contributed by atoms with Gasteiger partial charge >= 0.3 is 5.97 Å².